The molecule has 0 spiro atoms. The first-order chi connectivity index (χ1) is 17.1. The highest BCUT2D eigenvalue weighted by Gasteiger charge is 2.24. The number of amides is 1. The molecule has 8 heteroatoms. The van der Waals surface area contributed by atoms with Gasteiger partial charge in [-0.05, 0) is 54.4 Å². The molecular formula is C27H29N3O4S. The summed E-state index contributed by atoms with van der Waals surface area (Å²) in [6.07, 6.45) is 6.76. The molecule has 0 unspecified atom stereocenters. The second kappa shape index (κ2) is 11.7. The molecule has 0 saturated heterocycles. The van der Waals surface area contributed by atoms with Gasteiger partial charge >= 0.3 is 0 Å². The van der Waals surface area contributed by atoms with E-state index in [4.69, 9.17) is 19.2 Å². The molecule has 0 radical (unpaired) electrons. The van der Waals surface area contributed by atoms with E-state index in [1.807, 2.05) is 36.4 Å². The van der Waals surface area contributed by atoms with E-state index in [-0.39, 0.29) is 5.91 Å². The van der Waals surface area contributed by atoms with Gasteiger partial charge in [0.1, 0.15) is 27.5 Å². The molecule has 0 saturated carbocycles. The molecule has 0 aliphatic heterocycles. The second-order valence-corrected chi connectivity index (χ2v) is 8.95. The van der Waals surface area contributed by atoms with Crippen LogP contribution in [0.15, 0.2) is 60.9 Å². The molecule has 1 amide bonds. The molecule has 2 aromatic carbocycles. The molecule has 2 heterocycles. The van der Waals surface area contributed by atoms with E-state index >= 15 is 0 Å². The van der Waals surface area contributed by atoms with Crippen LogP contribution < -0.4 is 19.1 Å². The SMILES string of the molecule is CCCCCOc1ccc(C(=O)N(Cc2cccnc2)c2nc3c(OC)ccc(OC)c3s2)cc1. The van der Waals surface area contributed by atoms with Crippen molar-refractivity contribution in [1.82, 2.24) is 9.97 Å². The highest BCUT2D eigenvalue weighted by atomic mass is 32.1. The van der Waals surface area contributed by atoms with Crippen molar-refractivity contribution < 1.29 is 19.0 Å². The lowest BCUT2D eigenvalue weighted by atomic mass is 10.1. The van der Waals surface area contributed by atoms with Crippen molar-refractivity contribution in [3.8, 4) is 17.2 Å². The summed E-state index contributed by atoms with van der Waals surface area (Å²) in [4.78, 5) is 24.4. The summed E-state index contributed by atoms with van der Waals surface area (Å²) >= 11 is 1.39. The maximum absolute atomic E-state index is 13.7. The molecule has 0 N–H and O–H groups in total. The van der Waals surface area contributed by atoms with Crippen LogP contribution in [-0.4, -0.2) is 36.7 Å². The zero-order valence-electron chi connectivity index (χ0n) is 20.2. The van der Waals surface area contributed by atoms with Crippen molar-refractivity contribution in [2.75, 3.05) is 25.7 Å². The summed E-state index contributed by atoms with van der Waals surface area (Å²) < 4.78 is 17.7. The Morgan fingerprint density at radius 2 is 1.77 bits per heavy atom. The Morgan fingerprint density at radius 1 is 1.00 bits per heavy atom. The number of rotatable bonds is 11. The van der Waals surface area contributed by atoms with Crippen LogP contribution in [0.5, 0.6) is 17.2 Å². The van der Waals surface area contributed by atoms with E-state index < -0.39 is 0 Å². The topological polar surface area (TPSA) is 73.8 Å². The molecule has 0 aliphatic carbocycles. The number of unbranched alkanes of at least 4 members (excludes halogenated alkanes) is 2. The number of pyridine rings is 1. The van der Waals surface area contributed by atoms with Gasteiger partial charge in [0.05, 0.1) is 27.4 Å². The molecule has 7 nitrogen and oxygen atoms in total. The fourth-order valence-corrected chi connectivity index (χ4v) is 4.75. The molecule has 4 rings (SSSR count). The van der Waals surface area contributed by atoms with Crippen molar-refractivity contribution in [2.24, 2.45) is 0 Å². The number of nitrogens with zero attached hydrogens (tertiary/aromatic N) is 3. The van der Waals surface area contributed by atoms with Gasteiger partial charge in [0.25, 0.3) is 5.91 Å². The number of fused-ring (bicyclic) bond motifs is 1. The third kappa shape index (κ3) is 5.71. The number of carbonyl (C=O) groups excluding carboxylic acids is 1. The average Bonchev–Trinajstić information content (AvgIpc) is 3.35. The van der Waals surface area contributed by atoms with Crippen LogP contribution in [0.4, 0.5) is 5.13 Å². The average molecular weight is 492 g/mol. The van der Waals surface area contributed by atoms with E-state index in [2.05, 4.69) is 11.9 Å². The number of benzene rings is 2. The fourth-order valence-electron chi connectivity index (χ4n) is 3.68. The molecular weight excluding hydrogens is 462 g/mol. The summed E-state index contributed by atoms with van der Waals surface area (Å²) in [7, 11) is 3.22. The van der Waals surface area contributed by atoms with Crippen molar-refractivity contribution in [1.29, 1.82) is 0 Å². The molecule has 0 bridgehead atoms. The van der Waals surface area contributed by atoms with Crippen LogP contribution in [0.2, 0.25) is 0 Å². The van der Waals surface area contributed by atoms with Gasteiger partial charge in [-0.2, -0.15) is 0 Å². The van der Waals surface area contributed by atoms with Crippen LogP contribution in [0.25, 0.3) is 10.2 Å². The van der Waals surface area contributed by atoms with Gasteiger partial charge in [-0.25, -0.2) is 4.98 Å². The minimum atomic E-state index is -0.164. The van der Waals surface area contributed by atoms with Crippen LogP contribution in [0.1, 0.15) is 42.1 Å². The first-order valence-corrected chi connectivity index (χ1v) is 12.4. The van der Waals surface area contributed by atoms with Crippen molar-refractivity contribution >= 4 is 32.6 Å². The Labute approximate surface area is 209 Å². The van der Waals surface area contributed by atoms with Gasteiger partial charge in [0.2, 0.25) is 0 Å². The number of anilines is 1. The summed E-state index contributed by atoms with van der Waals surface area (Å²) in [5, 5.41) is 0.552. The Morgan fingerprint density at radius 3 is 2.46 bits per heavy atom. The maximum Gasteiger partial charge on any atom is 0.260 e. The quantitative estimate of drug-likeness (QED) is 0.235. The summed E-state index contributed by atoms with van der Waals surface area (Å²) in [6, 6.07) is 14.7. The van der Waals surface area contributed by atoms with Crippen LogP contribution in [0.3, 0.4) is 0 Å². The zero-order chi connectivity index (χ0) is 24.6. The molecule has 0 fully saturated rings. The molecule has 0 atom stereocenters. The standard InChI is InChI=1S/C27H29N3O4S/c1-4-5-6-16-34-21-11-9-20(10-12-21)26(31)30(18-19-8-7-15-28-17-19)27-29-24-22(32-2)13-14-23(33-3)25(24)35-27/h7-15,17H,4-6,16,18H2,1-3H3. The van der Waals surface area contributed by atoms with Crippen molar-refractivity contribution in [2.45, 2.75) is 32.7 Å². The molecule has 4 aromatic rings. The summed E-state index contributed by atoms with van der Waals surface area (Å²) in [5.74, 6) is 1.90. The lowest BCUT2D eigenvalue weighted by Gasteiger charge is -2.20. The zero-order valence-corrected chi connectivity index (χ0v) is 21.0. The predicted molar refractivity (Wildman–Crippen MR) is 139 cm³/mol. The highest BCUT2D eigenvalue weighted by Crippen LogP contribution is 2.40. The van der Waals surface area contributed by atoms with Crippen LogP contribution >= 0.6 is 11.3 Å². The predicted octanol–water partition coefficient (Wildman–Crippen LogP) is 6.12. The van der Waals surface area contributed by atoms with Gasteiger partial charge in [0.15, 0.2) is 5.13 Å². The molecule has 2 aromatic heterocycles. The van der Waals surface area contributed by atoms with E-state index in [0.717, 1.165) is 35.3 Å². The largest absolute Gasteiger partial charge is 0.495 e. The third-order valence-electron chi connectivity index (χ3n) is 5.56. The normalized spacial score (nSPS) is 10.8. The monoisotopic (exact) mass is 491 g/mol. The van der Waals surface area contributed by atoms with Gasteiger partial charge in [-0.1, -0.05) is 37.2 Å². The number of hydrogen-bond donors (Lipinski definition) is 0. The third-order valence-corrected chi connectivity index (χ3v) is 6.65. The van der Waals surface area contributed by atoms with Crippen molar-refractivity contribution in [3.05, 3.63) is 72.1 Å². The van der Waals surface area contributed by atoms with Gasteiger partial charge < -0.3 is 14.2 Å². The lowest BCUT2D eigenvalue weighted by molar-refractivity contribution is 0.0985. The molecule has 182 valence electrons. The minimum absolute atomic E-state index is 0.164. The first-order valence-electron chi connectivity index (χ1n) is 11.6. The molecule has 35 heavy (non-hydrogen) atoms. The number of methoxy groups -OCH3 is 2. The Kier molecular flexibility index (Phi) is 8.15. The van der Waals surface area contributed by atoms with E-state index in [1.165, 1.54) is 11.3 Å². The number of thiazole rings is 1. The van der Waals surface area contributed by atoms with Crippen LogP contribution in [0, 0.1) is 0 Å². The summed E-state index contributed by atoms with van der Waals surface area (Å²) in [6.45, 7) is 3.16. The Bertz CT molecular complexity index is 1220. The fraction of sp³-hybridized carbons (Fsp3) is 0.296. The number of aromatic nitrogens is 2. The van der Waals surface area contributed by atoms with Gasteiger partial charge in [0, 0.05) is 18.0 Å². The second-order valence-electron chi connectivity index (χ2n) is 7.98. The lowest BCUT2D eigenvalue weighted by Crippen LogP contribution is -2.30. The Hall–Kier alpha value is -3.65. The van der Waals surface area contributed by atoms with Gasteiger partial charge in [-0.3, -0.25) is 14.7 Å². The van der Waals surface area contributed by atoms with Crippen LogP contribution in [-0.2, 0) is 6.54 Å². The first kappa shape index (κ1) is 24.5. The number of hydrogen-bond acceptors (Lipinski definition) is 7. The maximum atomic E-state index is 13.7. The number of carbonyl (C=O) groups is 1. The van der Waals surface area contributed by atoms with Crippen molar-refractivity contribution in [3.63, 3.8) is 0 Å². The van der Waals surface area contributed by atoms with E-state index in [1.54, 1.807) is 43.6 Å². The number of ether oxygens (including phenoxy) is 3. The summed E-state index contributed by atoms with van der Waals surface area (Å²) in [5.41, 5.74) is 2.11. The van der Waals surface area contributed by atoms with E-state index in [9.17, 15) is 4.79 Å². The highest BCUT2D eigenvalue weighted by molar-refractivity contribution is 7.22. The Balaban J connectivity index is 1.66. The van der Waals surface area contributed by atoms with E-state index in [0.29, 0.717) is 40.9 Å². The minimum Gasteiger partial charge on any atom is -0.495 e. The van der Waals surface area contributed by atoms with Gasteiger partial charge in [-0.15, -0.1) is 0 Å². The molecule has 0 aliphatic rings. The smallest absolute Gasteiger partial charge is 0.260 e.